The molecule has 1 aromatic heterocycles. The Morgan fingerprint density at radius 3 is 3.20 bits per heavy atom. The quantitative estimate of drug-likeness (QED) is 0.813. The molecule has 2 rings (SSSR count). The minimum Gasteiger partial charge on any atom is -0.375 e. The van der Waals surface area contributed by atoms with Crippen molar-refractivity contribution in [3.05, 3.63) is 17.0 Å². The first-order valence-electron chi connectivity index (χ1n) is 5.45. The highest BCUT2D eigenvalue weighted by molar-refractivity contribution is 7.14. The van der Waals surface area contributed by atoms with E-state index in [1.807, 2.05) is 0 Å². The Morgan fingerprint density at radius 2 is 2.53 bits per heavy atom. The van der Waals surface area contributed by atoms with Crippen molar-refractivity contribution < 1.29 is 0 Å². The number of piperazine rings is 1. The lowest BCUT2D eigenvalue weighted by molar-refractivity contribution is 0.244. The molecule has 0 spiro atoms. The number of hydrogen-bond donors (Lipinski definition) is 2. The number of aryl methyl sites for hydroxylation is 1. The maximum Gasteiger partial charge on any atom is 0.0912 e. The molecule has 1 atom stereocenters. The SMILES string of the molecule is Cc1ccsc1NCC1CN(C)CCN1. The average Bonchev–Trinajstić information content (AvgIpc) is 2.61. The highest BCUT2D eigenvalue weighted by Crippen LogP contribution is 2.21. The molecule has 1 aliphatic rings. The van der Waals surface area contributed by atoms with E-state index in [1.165, 1.54) is 10.6 Å². The Kier molecular flexibility index (Phi) is 3.61. The van der Waals surface area contributed by atoms with E-state index >= 15 is 0 Å². The summed E-state index contributed by atoms with van der Waals surface area (Å²) in [6.07, 6.45) is 0. The van der Waals surface area contributed by atoms with Gasteiger partial charge in [0.1, 0.15) is 0 Å². The molecule has 0 aromatic carbocycles. The van der Waals surface area contributed by atoms with Crippen molar-refractivity contribution in [1.82, 2.24) is 10.2 Å². The van der Waals surface area contributed by atoms with Crippen molar-refractivity contribution in [2.75, 3.05) is 38.5 Å². The zero-order valence-electron chi connectivity index (χ0n) is 9.42. The minimum atomic E-state index is 0.574. The van der Waals surface area contributed by atoms with Crippen LogP contribution >= 0.6 is 11.3 Å². The number of nitrogens with zero attached hydrogens (tertiary/aromatic N) is 1. The van der Waals surface area contributed by atoms with Gasteiger partial charge < -0.3 is 15.5 Å². The molecule has 0 aliphatic carbocycles. The number of likely N-dealkylation sites (N-methyl/N-ethyl adjacent to an activating group) is 1. The van der Waals surface area contributed by atoms with E-state index < -0.39 is 0 Å². The summed E-state index contributed by atoms with van der Waals surface area (Å²) in [4.78, 5) is 2.38. The fourth-order valence-corrected chi connectivity index (χ4v) is 2.73. The van der Waals surface area contributed by atoms with Crippen LogP contribution in [0.25, 0.3) is 0 Å². The van der Waals surface area contributed by atoms with Crippen LogP contribution < -0.4 is 10.6 Å². The molecule has 1 saturated heterocycles. The number of nitrogens with one attached hydrogen (secondary N) is 2. The van der Waals surface area contributed by atoms with E-state index in [2.05, 4.69) is 41.0 Å². The molecule has 0 radical (unpaired) electrons. The summed E-state index contributed by atoms with van der Waals surface area (Å²) < 4.78 is 0. The second-order valence-corrected chi connectivity index (χ2v) is 5.14. The molecule has 15 heavy (non-hydrogen) atoms. The number of thiophene rings is 1. The molecule has 2 heterocycles. The van der Waals surface area contributed by atoms with Gasteiger partial charge in [0, 0.05) is 32.2 Å². The first-order chi connectivity index (χ1) is 7.25. The molecule has 84 valence electrons. The maximum atomic E-state index is 3.53. The second-order valence-electron chi connectivity index (χ2n) is 4.23. The molecule has 3 nitrogen and oxygen atoms in total. The lowest BCUT2D eigenvalue weighted by atomic mass is 10.2. The number of rotatable bonds is 3. The predicted molar refractivity (Wildman–Crippen MR) is 66.8 cm³/mol. The van der Waals surface area contributed by atoms with Gasteiger partial charge in [0.2, 0.25) is 0 Å². The monoisotopic (exact) mass is 225 g/mol. The maximum absolute atomic E-state index is 3.53. The summed E-state index contributed by atoms with van der Waals surface area (Å²) in [6, 6.07) is 2.73. The Bertz CT molecular complexity index is 311. The number of hydrogen-bond acceptors (Lipinski definition) is 4. The fraction of sp³-hybridized carbons (Fsp3) is 0.636. The smallest absolute Gasteiger partial charge is 0.0912 e. The van der Waals surface area contributed by atoms with Gasteiger partial charge in [-0.2, -0.15) is 0 Å². The third-order valence-corrected chi connectivity index (χ3v) is 3.80. The van der Waals surface area contributed by atoms with Gasteiger partial charge in [-0.15, -0.1) is 11.3 Å². The Balaban J connectivity index is 1.80. The topological polar surface area (TPSA) is 27.3 Å². The molecule has 0 amide bonds. The van der Waals surface area contributed by atoms with Gasteiger partial charge in [0.15, 0.2) is 0 Å². The highest BCUT2D eigenvalue weighted by atomic mass is 32.1. The van der Waals surface area contributed by atoms with Crippen LogP contribution in [0.4, 0.5) is 5.00 Å². The Hall–Kier alpha value is -0.580. The van der Waals surface area contributed by atoms with Crippen LogP contribution in [0.15, 0.2) is 11.4 Å². The molecular formula is C11H19N3S. The van der Waals surface area contributed by atoms with Gasteiger partial charge in [0.05, 0.1) is 5.00 Å². The summed E-state index contributed by atoms with van der Waals surface area (Å²) in [5.74, 6) is 0. The third kappa shape index (κ3) is 2.93. The van der Waals surface area contributed by atoms with Gasteiger partial charge in [-0.1, -0.05) is 0 Å². The van der Waals surface area contributed by atoms with Crippen molar-refractivity contribution in [1.29, 1.82) is 0 Å². The van der Waals surface area contributed by atoms with Crippen LogP contribution in [0.1, 0.15) is 5.56 Å². The minimum absolute atomic E-state index is 0.574. The number of anilines is 1. The van der Waals surface area contributed by atoms with E-state index in [9.17, 15) is 0 Å². The third-order valence-electron chi connectivity index (χ3n) is 2.83. The molecule has 0 bridgehead atoms. The lowest BCUT2D eigenvalue weighted by Crippen LogP contribution is -2.51. The summed E-state index contributed by atoms with van der Waals surface area (Å²) >= 11 is 1.79. The van der Waals surface area contributed by atoms with E-state index in [0.717, 1.165) is 26.2 Å². The first kappa shape index (κ1) is 10.9. The van der Waals surface area contributed by atoms with E-state index in [0.29, 0.717) is 6.04 Å². The average molecular weight is 225 g/mol. The van der Waals surface area contributed by atoms with Gasteiger partial charge in [-0.3, -0.25) is 0 Å². The molecule has 4 heteroatoms. The Labute approximate surface area is 95.5 Å². The van der Waals surface area contributed by atoms with E-state index in [4.69, 9.17) is 0 Å². The largest absolute Gasteiger partial charge is 0.375 e. The second kappa shape index (κ2) is 4.96. The van der Waals surface area contributed by atoms with Crippen molar-refractivity contribution >= 4 is 16.3 Å². The first-order valence-corrected chi connectivity index (χ1v) is 6.33. The summed E-state index contributed by atoms with van der Waals surface area (Å²) in [5.41, 5.74) is 1.35. The van der Waals surface area contributed by atoms with Crippen molar-refractivity contribution in [3.63, 3.8) is 0 Å². The molecule has 1 aliphatic heterocycles. The van der Waals surface area contributed by atoms with Gasteiger partial charge >= 0.3 is 0 Å². The van der Waals surface area contributed by atoms with Crippen molar-refractivity contribution in [2.45, 2.75) is 13.0 Å². The fourth-order valence-electron chi connectivity index (χ4n) is 1.90. The van der Waals surface area contributed by atoms with Gasteiger partial charge in [0.25, 0.3) is 0 Å². The van der Waals surface area contributed by atoms with Crippen molar-refractivity contribution in [3.8, 4) is 0 Å². The molecule has 1 aromatic rings. The normalized spacial score (nSPS) is 22.9. The highest BCUT2D eigenvalue weighted by Gasteiger charge is 2.15. The van der Waals surface area contributed by atoms with E-state index in [1.54, 1.807) is 11.3 Å². The van der Waals surface area contributed by atoms with Crippen LogP contribution in [0.3, 0.4) is 0 Å². The van der Waals surface area contributed by atoms with Crippen molar-refractivity contribution in [2.24, 2.45) is 0 Å². The summed E-state index contributed by atoms with van der Waals surface area (Å²) in [6.45, 7) is 6.57. The molecule has 1 fully saturated rings. The van der Waals surface area contributed by atoms with Gasteiger partial charge in [-0.05, 0) is 31.0 Å². The molecule has 0 saturated carbocycles. The zero-order valence-corrected chi connectivity index (χ0v) is 10.2. The van der Waals surface area contributed by atoms with Crippen LogP contribution in [0.2, 0.25) is 0 Å². The van der Waals surface area contributed by atoms with Gasteiger partial charge in [-0.25, -0.2) is 0 Å². The predicted octanol–water partition coefficient (Wildman–Crippen LogP) is 1.37. The van der Waals surface area contributed by atoms with Crippen LogP contribution in [-0.4, -0.2) is 44.2 Å². The lowest BCUT2D eigenvalue weighted by Gasteiger charge is -2.31. The molecule has 2 N–H and O–H groups in total. The van der Waals surface area contributed by atoms with Crippen LogP contribution in [0.5, 0.6) is 0 Å². The molecular weight excluding hydrogens is 206 g/mol. The van der Waals surface area contributed by atoms with Crippen LogP contribution in [-0.2, 0) is 0 Å². The molecule has 1 unspecified atom stereocenters. The Morgan fingerprint density at radius 1 is 1.67 bits per heavy atom. The zero-order chi connectivity index (χ0) is 10.7. The van der Waals surface area contributed by atoms with Crippen LogP contribution in [0, 0.1) is 6.92 Å². The summed E-state index contributed by atoms with van der Waals surface area (Å²) in [5, 5.41) is 10.5. The summed E-state index contributed by atoms with van der Waals surface area (Å²) in [7, 11) is 2.18. The van der Waals surface area contributed by atoms with E-state index in [-0.39, 0.29) is 0 Å². The standard InChI is InChI=1S/C11H19N3S/c1-9-3-6-15-11(9)13-7-10-8-14(2)5-4-12-10/h3,6,10,12-13H,4-5,7-8H2,1-2H3.